The average Bonchev–Trinajstić information content (AvgIpc) is 3.13. The fourth-order valence-corrected chi connectivity index (χ4v) is 5.10. The van der Waals surface area contributed by atoms with Crippen LogP contribution in [0.2, 0.25) is 0 Å². The van der Waals surface area contributed by atoms with Gasteiger partial charge in [0.25, 0.3) is 15.9 Å². The maximum absolute atomic E-state index is 12.6. The van der Waals surface area contributed by atoms with Crippen LogP contribution in [-0.4, -0.2) is 40.1 Å². The van der Waals surface area contributed by atoms with Crippen molar-refractivity contribution in [2.75, 3.05) is 25.5 Å². The number of aromatic nitrogens is 1. The molecular weight excluding hydrogens is 450 g/mol. The van der Waals surface area contributed by atoms with Crippen molar-refractivity contribution in [3.8, 4) is 11.5 Å². The molecule has 0 unspecified atom stereocenters. The monoisotopic (exact) mass is 475 g/mol. The molecule has 0 aliphatic rings. The lowest BCUT2D eigenvalue weighted by molar-refractivity contribution is 0.0957. The zero-order valence-corrected chi connectivity index (χ0v) is 19.9. The lowest BCUT2D eigenvalue weighted by Gasteiger charge is -2.10. The van der Waals surface area contributed by atoms with Gasteiger partial charge in [0.15, 0.2) is 16.6 Å². The van der Waals surface area contributed by atoms with Crippen LogP contribution >= 0.6 is 11.3 Å². The number of anilines is 1. The van der Waals surface area contributed by atoms with Gasteiger partial charge < -0.3 is 14.8 Å². The van der Waals surface area contributed by atoms with Crippen LogP contribution < -0.4 is 19.5 Å². The first kappa shape index (κ1) is 23.6. The second-order valence-electron chi connectivity index (χ2n) is 7.05. The van der Waals surface area contributed by atoms with E-state index in [1.807, 2.05) is 25.1 Å². The first-order valence-electron chi connectivity index (χ1n) is 9.79. The van der Waals surface area contributed by atoms with E-state index in [0.717, 1.165) is 22.5 Å². The van der Waals surface area contributed by atoms with Gasteiger partial charge in [-0.15, -0.1) is 0 Å². The Balaban J connectivity index is 1.63. The molecule has 0 aliphatic heterocycles. The van der Waals surface area contributed by atoms with Gasteiger partial charge in [0.2, 0.25) is 0 Å². The second kappa shape index (κ2) is 10.0. The molecule has 1 heterocycles. The van der Waals surface area contributed by atoms with E-state index in [2.05, 4.69) is 15.0 Å². The Bertz CT molecular complexity index is 1200. The lowest BCUT2D eigenvalue weighted by Crippen LogP contribution is -2.25. The van der Waals surface area contributed by atoms with Gasteiger partial charge in [-0.2, -0.15) is 0 Å². The molecule has 0 spiro atoms. The number of ether oxygens (including phenoxy) is 2. The van der Waals surface area contributed by atoms with E-state index >= 15 is 0 Å². The number of thiazole rings is 1. The lowest BCUT2D eigenvalue weighted by atomic mass is 10.1. The number of carbonyl (C=O) groups is 1. The summed E-state index contributed by atoms with van der Waals surface area (Å²) in [5.41, 5.74) is 2.40. The molecule has 0 aliphatic carbocycles. The molecule has 2 N–H and O–H groups in total. The number of nitrogens with one attached hydrogen (secondary N) is 2. The van der Waals surface area contributed by atoms with Crippen molar-refractivity contribution in [1.29, 1.82) is 0 Å². The first-order valence-corrected chi connectivity index (χ1v) is 12.1. The Kier molecular flexibility index (Phi) is 7.37. The Labute approximate surface area is 191 Å². The molecule has 3 rings (SSSR count). The standard InChI is InChI=1S/C22H25N3O5S2/c1-14-5-8-17(9-6-14)32(27,28)25-22-24-15(2)20(31-22)21(26)23-12-11-16-7-10-18(29-3)19(13-16)30-4/h5-10,13H,11-12H2,1-4H3,(H,23,26)(H,24,25). The highest BCUT2D eigenvalue weighted by Gasteiger charge is 2.20. The van der Waals surface area contributed by atoms with Crippen molar-refractivity contribution in [1.82, 2.24) is 10.3 Å². The van der Waals surface area contributed by atoms with E-state index in [1.54, 1.807) is 33.3 Å². The third kappa shape index (κ3) is 5.57. The molecule has 0 bridgehead atoms. The van der Waals surface area contributed by atoms with Crippen molar-refractivity contribution < 1.29 is 22.7 Å². The van der Waals surface area contributed by atoms with Crippen LogP contribution in [-0.2, 0) is 16.4 Å². The van der Waals surface area contributed by atoms with Gasteiger partial charge in [0.1, 0.15) is 4.88 Å². The van der Waals surface area contributed by atoms with Crippen LogP contribution in [0.1, 0.15) is 26.5 Å². The highest BCUT2D eigenvalue weighted by molar-refractivity contribution is 7.93. The summed E-state index contributed by atoms with van der Waals surface area (Å²) in [6.45, 7) is 3.95. The van der Waals surface area contributed by atoms with Crippen LogP contribution in [0.3, 0.4) is 0 Å². The molecule has 1 amide bonds. The molecule has 10 heteroatoms. The molecule has 3 aromatic rings. The zero-order chi connectivity index (χ0) is 23.3. The molecule has 0 saturated carbocycles. The third-order valence-corrected chi connectivity index (χ3v) is 7.26. The minimum Gasteiger partial charge on any atom is -0.493 e. The minimum absolute atomic E-state index is 0.136. The van der Waals surface area contributed by atoms with Crippen molar-refractivity contribution in [3.05, 3.63) is 64.2 Å². The molecule has 32 heavy (non-hydrogen) atoms. The summed E-state index contributed by atoms with van der Waals surface area (Å²) >= 11 is 1.000. The molecule has 0 radical (unpaired) electrons. The predicted molar refractivity (Wildman–Crippen MR) is 124 cm³/mol. The topological polar surface area (TPSA) is 107 Å². The highest BCUT2D eigenvalue weighted by atomic mass is 32.2. The Morgan fingerprint density at radius 1 is 1.03 bits per heavy atom. The predicted octanol–water partition coefficient (Wildman–Crippen LogP) is 3.55. The van der Waals surface area contributed by atoms with E-state index in [1.165, 1.54) is 12.1 Å². The summed E-state index contributed by atoms with van der Waals surface area (Å²) < 4.78 is 38.1. The second-order valence-corrected chi connectivity index (χ2v) is 9.73. The SMILES string of the molecule is COc1ccc(CCNC(=O)c2sc(NS(=O)(=O)c3ccc(C)cc3)nc2C)cc1OC. The summed E-state index contributed by atoms with van der Waals surface area (Å²) in [6, 6.07) is 12.1. The largest absolute Gasteiger partial charge is 0.493 e. The van der Waals surface area contributed by atoms with Crippen LogP contribution in [0.4, 0.5) is 5.13 Å². The quantitative estimate of drug-likeness (QED) is 0.490. The average molecular weight is 476 g/mol. The molecule has 1 aromatic heterocycles. The highest BCUT2D eigenvalue weighted by Crippen LogP contribution is 2.28. The molecule has 8 nitrogen and oxygen atoms in total. The van der Waals surface area contributed by atoms with E-state index in [-0.39, 0.29) is 15.9 Å². The van der Waals surface area contributed by atoms with Gasteiger partial charge in [-0.05, 0) is 50.1 Å². The van der Waals surface area contributed by atoms with Crippen molar-refractivity contribution >= 4 is 32.4 Å². The Hall–Kier alpha value is -3.11. The maximum Gasteiger partial charge on any atom is 0.263 e. The minimum atomic E-state index is -3.78. The summed E-state index contributed by atoms with van der Waals surface area (Å²) in [5.74, 6) is 0.961. The smallest absolute Gasteiger partial charge is 0.263 e. The number of nitrogens with zero attached hydrogens (tertiary/aromatic N) is 1. The van der Waals surface area contributed by atoms with Crippen molar-refractivity contribution in [2.45, 2.75) is 25.2 Å². The van der Waals surface area contributed by atoms with Gasteiger partial charge in [-0.1, -0.05) is 35.1 Å². The van der Waals surface area contributed by atoms with Crippen LogP contribution in [0.25, 0.3) is 0 Å². The van der Waals surface area contributed by atoms with E-state index in [4.69, 9.17) is 9.47 Å². The molecule has 2 aromatic carbocycles. The fourth-order valence-electron chi connectivity index (χ4n) is 2.98. The van der Waals surface area contributed by atoms with Crippen LogP contribution in [0.15, 0.2) is 47.4 Å². The number of methoxy groups -OCH3 is 2. The fraction of sp³-hybridized carbons (Fsp3) is 0.273. The Morgan fingerprint density at radius 3 is 2.38 bits per heavy atom. The number of hydrogen-bond donors (Lipinski definition) is 2. The number of carbonyl (C=O) groups excluding carboxylic acids is 1. The summed E-state index contributed by atoms with van der Waals surface area (Å²) in [6.07, 6.45) is 0.594. The number of hydrogen-bond acceptors (Lipinski definition) is 7. The van der Waals surface area contributed by atoms with E-state index < -0.39 is 10.0 Å². The van der Waals surface area contributed by atoms with Gasteiger partial charge in [-0.25, -0.2) is 13.4 Å². The van der Waals surface area contributed by atoms with E-state index in [9.17, 15) is 13.2 Å². The van der Waals surface area contributed by atoms with Crippen LogP contribution in [0, 0.1) is 13.8 Å². The number of sulfonamides is 1. The van der Waals surface area contributed by atoms with Gasteiger partial charge in [0.05, 0.1) is 24.8 Å². The van der Waals surface area contributed by atoms with Crippen LogP contribution in [0.5, 0.6) is 11.5 Å². The Morgan fingerprint density at radius 2 is 1.72 bits per heavy atom. The summed E-state index contributed by atoms with van der Waals surface area (Å²) in [4.78, 5) is 17.3. The molecule has 0 saturated heterocycles. The number of benzene rings is 2. The number of aryl methyl sites for hydroxylation is 2. The first-order chi connectivity index (χ1) is 15.2. The van der Waals surface area contributed by atoms with E-state index in [0.29, 0.717) is 35.0 Å². The number of amides is 1. The molecule has 0 fully saturated rings. The van der Waals surface area contributed by atoms with Crippen molar-refractivity contribution in [2.24, 2.45) is 0 Å². The third-order valence-electron chi connectivity index (χ3n) is 4.70. The summed E-state index contributed by atoms with van der Waals surface area (Å²) in [5, 5.41) is 3.00. The van der Waals surface area contributed by atoms with Gasteiger partial charge in [0, 0.05) is 6.54 Å². The maximum atomic E-state index is 12.6. The summed E-state index contributed by atoms with van der Waals surface area (Å²) in [7, 11) is -0.637. The molecule has 0 atom stereocenters. The van der Waals surface area contributed by atoms with Gasteiger partial charge in [-0.3, -0.25) is 9.52 Å². The molecular formula is C22H25N3O5S2. The molecule has 170 valence electrons. The number of rotatable bonds is 9. The normalized spacial score (nSPS) is 11.1. The van der Waals surface area contributed by atoms with Gasteiger partial charge >= 0.3 is 0 Å². The van der Waals surface area contributed by atoms with Crippen molar-refractivity contribution in [3.63, 3.8) is 0 Å². The zero-order valence-electron chi connectivity index (χ0n) is 18.3.